The molecule has 36 heavy (non-hydrogen) atoms. The Labute approximate surface area is 204 Å². The van der Waals surface area contributed by atoms with Gasteiger partial charge in [0, 0.05) is 32.1 Å². The van der Waals surface area contributed by atoms with Crippen LogP contribution in [0.5, 0.6) is 0 Å². The Hall–Kier alpha value is -4.28. The molecule has 0 spiro atoms. The summed E-state index contributed by atoms with van der Waals surface area (Å²) in [6, 6.07) is 5.09. The first-order valence-electron chi connectivity index (χ1n) is 10.5. The fourth-order valence-corrected chi connectivity index (χ4v) is 2.83. The number of hydrogen-bond acceptors (Lipinski definition) is 5. The van der Waals surface area contributed by atoms with Crippen molar-refractivity contribution in [1.82, 2.24) is 4.90 Å². The van der Waals surface area contributed by atoms with Crippen molar-refractivity contribution in [2.75, 3.05) is 31.6 Å². The van der Waals surface area contributed by atoms with Gasteiger partial charge in [-0.25, -0.2) is 4.79 Å². The lowest BCUT2D eigenvalue weighted by molar-refractivity contribution is -0.192. The maximum Gasteiger partial charge on any atom is 0.490 e. The normalized spacial score (nSPS) is 12.9. The van der Waals surface area contributed by atoms with Gasteiger partial charge in [0.05, 0.1) is 17.7 Å². The molecule has 1 heterocycles. The van der Waals surface area contributed by atoms with Gasteiger partial charge in [0.2, 0.25) is 5.91 Å². The average molecular weight is 513 g/mol. The zero-order valence-electron chi connectivity index (χ0n) is 19.3. The molecule has 6 N–H and O–H groups in total. The summed E-state index contributed by atoms with van der Waals surface area (Å²) in [4.78, 5) is 51.5. The number of carboxylic acids is 2. The summed E-state index contributed by atoms with van der Waals surface area (Å²) in [6.07, 6.45) is -2.99. The Kier molecular flexibility index (Phi) is 11.2. The van der Waals surface area contributed by atoms with E-state index in [2.05, 4.69) is 16.8 Å². The van der Waals surface area contributed by atoms with Crippen LogP contribution >= 0.6 is 0 Å². The Morgan fingerprint density at radius 1 is 1.17 bits per heavy atom. The summed E-state index contributed by atoms with van der Waals surface area (Å²) in [7, 11) is 1.59. The zero-order valence-corrected chi connectivity index (χ0v) is 19.3. The van der Waals surface area contributed by atoms with Crippen LogP contribution in [0.2, 0.25) is 0 Å². The molecule has 0 unspecified atom stereocenters. The third-order valence-corrected chi connectivity index (χ3v) is 4.65. The summed E-state index contributed by atoms with van der Waals surface area (Å²) < 4.78 is 31.7. The molecule has 0 saturated carbocycles. The molecule has 0 aliphatic carbocycles. The maximum absolute atomic E-state index is 12.9. The summed E-state index contributed by atoms with van der Waals surface area (Å²) >= 11 is 0. The van der Waals surface area contributed by atoms with Crippen molar-refractivity contribution in [3.8, 4) is 11.8 Å². The predicted octanol–water partition coefficient (Wildman–Crippen LogP) is 1.01. The number of alkyl halides is 3. The molecule has 0 bridgehead atoms. The minimum absolute atomic E-state index is 0.0289. The molecule has 2 rings (SSSR count). The molecule has 0 aromatic heterocycles. The summed E-state index contributed by atoms with van der Waals surface area (Å²) in [5.74, 6) is 1.72. The molecule has 0 saturated heterocycles. The van der Waals surface area contributed by atoms with Crippen LogP contribution in [0.4, 0.5) is 18.9 Å². The highest BCUT2D eigenvalue weighted by molar-refractivity contribution is 6.09. The Balaban J connectivity index is 0.000000809. The van der Waals surface area contributed by atoms with Crippen molar-refractivity contribution in [3.63, 3.8) is 0 Å². The number of guanidine groups is 1. The van der Waals surface area contributed by atoms with Gasteiger partial charge in [-0.3, -0.25) is 19.4 Å². The fourth-order valence-electron chi connectivity index (χ4n) is 2.83. The number of carboxylic acid groups (broad SMARTS) is 2. The largest absolute Gasteiger partial charge is 0.490 e. The van der Waals surface area contributed by atoms with E-state index in [1.165, 1.54) is 9.80 Å². The first kappa shape index (κ1) is 29.8. The number of fused-ring (bicyclic) bond motifs is 1. The first-order chi connectivity index (χ1) is 16.7. The number of aliphatic carboxylic acids is 2. The van der Waals surface area contributed by atoms with E-state index in [9.17, 15) is 27.6 Å². The SMILES string of the molecule is CN1C(=O)CN(CCC(=O)O)C(=O)c2cc(C#CCCCCN=C(N)N)ccc21.O=C(O)C(F)(F)F. The highest BCUT2D eigenvalue weighted by Gasteiger charge is 2.38. The van der Waals surface area contributed by atoms with Gasteiger partial charge >= 0.3 is 18.1 Å². The van der Waals surface area contributed by atoms with Crippen molar-refractivity contribution in [2.24, 2.45) is 16.5 Å². The number of halogens is 3. The van der Waals surface area contributed by atoms with Crippen LogP contribution in [0.25, 0.3) is 0 Å². The number of nitrogens with zero attached hydrogens (tertiary/aromatic N) is 3. The lowest BCUT2D eigenvalue weighted by Crippen LogP contribution is -2.38. The Morgan fingerprint density at radius 3 is 2.36 bits per heavy atom. The van der Waals surface area contributed by atoms with Gasteiger partial charge in [-0.05, 0) is 31.0 Å². The fraction of sp³-hybridized carbons (Fsp3) is 0.409. The first-order valence-corrected chi connectivity index (χ1v) is 10.5. The van der Waals surface area contributed by atoms with Crippen molar-refractivity contribution in [2.45, 2.75) is 31.9 Å². The Morgan fingerprint density at radius 2 is 1.81 bits per heavy atom. The monoisotopic (exact) mass is 513 g/mol. The van der Waals surface area contributed by atoms with E-state index in [0.717, 1.165) is 12.8 Å². The second-order valence-electron chi connectivity index (χ2n) is 7.42. The van der Waals surface area contributed by atoms with Gasteiger partial charge in [0.25, 0.3) is 5.91 Å². The van der Waals surface area contributed by atoms with E-state index in [0.29, 0.717) is 29.8 Å². The topological polar surface area (TPSA) is 180 Å². The minimum Gasteiger partial charge on any atom is -0.481 e. The number of anilines is 1. The standard InChI is InChI=1S/C20H25N5O4.C2HF3O2/c1-24-16-8-7-14(6-4-2-3-5-10-23-20(21)22)12-15(16)19(29)25(13-17(24)26)11-9-18(27)28;3-2(4,5)1(6)7/h7-8,12H,2-3,5,9-11,13H2,1H3,(H,27,28)(H4,21,22,23);(H,6,7). The van der Waals surface area contributed by atoms with Crippen molar-refractivity contribution < 1.29 is 42.6 Å². The number of rotatable bonds is 7. The quantitative estimate of drug-likeness (QED) is 0.180. The van der Waals surface area contributed by atoms with E-state index in [4.69, 9.17) is 26.5 Å². The van der Waals surface area contributed by atoms with Crippen LogP contribution in [0, 0.1) is 11.8 Å². The number of nitrogens with two attached hydrogens (primary N) is 2. The summed E-state index contributed by atoms with van der Waals surface area (Å²) in [5.41, 5.74) is 12.0. The smallest absolute Gasteiger partial charge is 0.481 e. The maximum atomic E-state index is 12.9. The third-order valence-electron chi connectivity index (χ3n) is 4.65. The third kappa shape index (κ3) is 9.92. The van der Waals surface area contributed by atoms with Crippen LogP contribution in [0.3, 0.4) is 0 Å². The molecule has 0 fully saturated rings. The van der Waals surface area contributed by atoms with Crippen molar-refractivity contribution in [1.29, 1.82) is 0 Å². The average Bonchev–Trinajstić information content (AvgIpc) is 2.87. The number of amides is 2. The molecule has 0 radical (unpaired) electrons. The molecular weight excluding hydrogens is 487 g/mol. The Bertz CT molecular complexity index is 1070. The number of unbranched alkanes of at least 4 members (excludes halogenated alkanes) is 2. The molecule has 1 aliphatic heterocycles. The van der Waals surface area contributed by atoms with E-state index in [-0.39, 0.29) is 37.3 Å². The van der Waals surface area contributed by atoms with Gasteiger partial charge in [0.15, 0.2) is 5.96 Å². The number of carbonyl (C=O) groups excluding carboxylic acids is 2. The van der Waals surface area contributed by atoms with Crippen LogP contribution in [-0.4, -0.2) is 77.7 Å². The van der Waals surface area contributed by atoms with Crippen LogP contribution in [0.15, 0.2) is 23.2 Å². The lowest BCUT2D eigenvalue weighted by atomic mass is 10.1. The van der Waals surface area contributed by atoms with Crippen molar-refractivity contribution in [3.05, 3.63) is 29.3 Å². The van der Waals surface area contributed by atoms with Gasteiger partial charge in [-0.2, -0.15) is 13.2 Å². The van der Waals surface area contributed by atoms with Crippen LogP contribution in [-0.2, 0) is 14.4 Å². The molecule has 196 valence electrons. The highest BCUT2D eigenvalue weighted by Crippen LogP contribution is 2.26. The second-order valence-corrected chi connectivity index (χ2v) is 7.42. The van der Waals surface area contributed by atoms with E-state index >= 15 is 0 Å². The number of likely N-dealkylation sites (N-methyl/N-ethyl adjacent to an activating group) is 1. The van der Waals surface area contributed by atoms with Gasteiger partial charge < -0.3 is 31.5 Å². The number of aliphatic imine (C=N–C) groups is 1. The number of carbonyl (C=O) groups is 4. The van der Waals surface area contributed by atoms with Crippen LogP contribution < -0.4 is 16.4 Å². The molecule has 1 aromatic carbocycles. The van der Waals surface area contributed by atoms with E-state index < -0.39 is 18.1 Å². The summed E-state index contributed by atoms with van der Waals surface area (Å²) in [6.45, 7) is 0.372. The predicted molar refractivity (Wildman–Crippen MR) is 123 cm³/mol. The molecule has 1 aromatic rings. The second kappa shape index (κ2) is 13.6. The molecule has 11 nitrogen and oxygen atoms in total. The van der Waals surface area contributed by atoms with Crippen molar-refractivity contribution >= 4 is 35.4 Å². The van der Waals surface area contributed by atoms with Gasteiger partial charge in [-0.15, -0.1) is 0 Å². The zero-order chi connectivity index (χ0) is 27.5. The minimum atomic E-state index is -5.08. The van der Waals surface area contributed by atoms with Gasteiger partial charge in [0.1, 0.15) is 6.54 Å². The number of benzene rings is 1. The molecular formula is C22H26F3N5O6. The lowest BCUT2D eigenvalue weighted by Gasteiger charge is -2.18. The summed E-state index contributed by atoms with van der Waals surface area (Å²) in [5, 5.41) is 16.0. The molecule has 1 aliphatic rings. The number of hydrogen-bond donors (Lipinski definition) is 4. The molecule has 14 heteroatoms. The van der Waals surface area contributed by atoms with E-state index in [1.807, 2.05) is 0 Å². The molecule has 2 amide bonds. The van der Waals surface area contributed by atoms with Crippen LogP contribution in [0.1, 0.15) is 41.6 Å². The molecule has 0 atom stereocenters. The highest BCUT2D eigenvalue weighted by atomic mass is 19.4. The van der Waals surface area contributed by atoms with E-state index in [1.54, 1.807) is 25.2 Å². The van der Waals surface area contributed by atoms with Gasteiger partial charge in [-0.1, -0.05) is 11.8 Å².